The Morgan fingerprint density at radius 3 is 2.77 bits per heavy atom. The Bertz CT molecular complexity index is 763. The molecule has 6 amide bonds. The average Bonchev–Trinajstić information content (AvgIpc) is 2.75. The number of nitrogens with one attached hydrogen (secondary N) is 3. The minimum atomic E-state index is -1.13. The second kappa shape index (κ2) is 7.15. The zero-order valence-corrected chi connectivity index (χ0v) is 14.6. The average molecular weight is 358 g/mol. The maximum Gasteiger partial charge on any atom is 0.325 e. The summed E-state index contributed by atoms with van der Waals surface area (Å²) in [5.74, 6) is -1.15. The molecule has 1 heterocycles. The Labute approximate surface area is 151 Å². The lowest BCUT2D eigenvalue weighted by Crippen LogP contribution is -2.47. The maximum atomic E-state index is 13.1. The molecule has 2 aliphatic rings. The smallest absolute Gasteiger partial charge is 0.325 e. The molecule has 0 bridgehead atoms. The Morgan fingerprint density at radius 2 is 2.00 bits per heavy atom. The first kappa shape index (κ1) is 17.9. The number of amides is 6. The van der Waals surface area contributed by atoms with Crippen molar-refractivity contribution in [3.8, 4) is 0 Å². The number of urea groups is 2. The van der Waals surface area contributed by atoms with Gasteiger partial charge in [-0.15, -0.1) is 0 Å². The lowest BCUT2D eigenvalue weighted by atomic mass is 9.84. The number of fused-ring (bicyclic) bond motifs is 2. The molecule has 1 saturated heterocycles. The number of hydrogen-bond donors (Lipinski definition) is 3. The van der Waals surface area contributed by atoms with E-state index in [9.17, 15) is 19.2 Å². The number of rotatable bonds is 3. The molecule has 1 aromatic rings. The Balaban J connectivity index is 1.83. The first-order valence-corrected chi connectivity index (χ1v) is 8.78. The number of carbonyl (C=O) groups is 4. The molecule has 1 aliphatic carbocycles. The maximum absolute atomic E-state index is 13.1. The highest BCUT2D eigenvalue weighted by Crippen LogP contribution is 2.38. The van der Waals surface area contributed by atoms with Gasteiger partial charge in [0, 0.05) is 6.54 Å². The summed E-state index contributed by atoms with van der Waals surface area (Å²) in [6, 6.07) is 6.31. The molecule has 1 atom stereocenters. The van der Waals surface area contributed by atoms with Crippen LogP contribution in [0.15, 0.2) is 24.3 Å². The van der Waals surface area contributed by atoms with E-state index in [0.717, 1.165) is 35.3 Å². The van der Waals surface area contributed by atoms with Crippen molar-refractivity contribution in [2.45, 2.75) is 38.1 Å². The van der Waals surface area contributed by atoms with Gasteiger partial charge in [-0.05, 0) is 43.7 Å². The van der Waals surface area contributed by atoms with E-state index in [1.807, 2.05) is 24.3 Å². The number of aryl methyl sites for hydroxylation is 1. The quantitative estimate of drug-likeness (QED) is 0.701. The van der Waals surface area contributed by atoms with Crippen molar-refractivity contribution < 1.29 is 19.2 Å². The van der Waals surface area contributed by atoms with Crippen molar-refractivity contribution in [1.82, 2.24) is 20.9 Å². The number of carbonyl (C=O) groups excluding carboxylic acids is 4. The summed E-state index contributed by atoms with van der Waals surface area (Å²) in [6.45, 7) is 1.59. The van der Waals surface area contributed by atoms with Crippen molar-refractivity contribution in [3.63, 3.8) is 0 Å². The van der Waals surface area contributed by atoms with Crippen LogP contribution in [0.25, 0.3) is 0 Å². The van der Waals surface area contributed by atoms with Gasteiger partial charge >= 0.3 is 12.1 Å². The Kier molecular flexibility index (Phi) is 4.92. The molecule has 1 spiro atoms. The summed E-state index contributed by atoms with van der Waals surface area (Å²) in [5, 5.41) is 7.34. The van der Waals surface area contributed by atoms with Crippen molar-refractivity contribution in [1.29, 1.82) is 0 Å². The highest BCUT2D eigenvalue weighted by molar-refractivity contribution is 6.10. The third kappa shape index (κ3) is 3.14. The molecular weight excluding hydrogens is 336 g/mol. The standard InChI is InChI=1S/C18H22N4O4/c1-2-19-16(25)20-14(23)11-22-15(24)18(21-17(22)26)10-6-5-8-12-7-3-4-9-13(12)18/h3-4,7,9H,2,5-6,8,10-11H2,1H3,(H,21,26)(H2,19,20,23,25). The predicted molar refractivity (Wildman–Crippen MR) is 93.1 cm³/mol. The van der Waals surface area contributed by atoms with Gasteiger partial charge in [-0.3, -0.25) is 19.8 Å². The van der Waals surface area contributed by atoms with Gasteiger partial charge in [0.25, 0.3) is 5.91 Å². The van der Waals surface area contributed by atoms with Crippen molar-refractivity contribution in [2.75, 3.05) is 13.1 Å². The van der Waals surface area contributed by atoms with E-state index in [0.29, 0.717) is 13.0 Å². The first-order chi connectivity index (χ1) is 12.5. The summed E-state index contributed by atoms with van der Waals surface area (Å²) >= 11 is 0. The summed E-state index contributed by atoms with van der Waals surface area (Å²) in [6.07, 6.45) is 3.06. The third-order valence-corrected chi connectivity index (χ3v) is 4.79. The second-order valence-electron chi connectivity index (χ2n) is 6.50. The summed E-state index contributed by atoms with van der Waals surface area (Å²) in [4.78, 5) is 49.9. The van der Waals surface area contributed by atoms with Crippen LogP contribution < -0.4 is 16.0 Å². The minimum absolute atomic E-state index is 0.363. The molecule has 0 aromatic heterocycles. The number of nitrogens with zero attached hydrogens (tertiary/aromatic N) is 1. The van der Waals surface area contributed by atoms with E-state index in [2.05, 4.69) is 16.0 Å². The molecule has 3 N–H and O–H groups in total. The van der Waals surface area contributed by atoms with Gasteiger partial charge in [-0.25, -0.2) is 9.59 Å². The highest BCUT2D eigenvalue weighted by atomic mass is 16.2. The van der Waals surface area contributed by atoms with Gasteiger partial charge in [0.15, 0.2) is 0 Å². The molecule has 3 rings (SSSR count). The molecule has 138 valence electrons. The second-order valence-corrected chi connectivity index (χ2v) is 6.50. The van der Waals surface area contributed by atoms with Crippen LogP contribution in [0, 0.1) is 0 Å². The van der Waals surface area contributed by atoms with Gasteiger partial charge in [-0.2, -0.15) is 0 Å². The van der Waals surface area contributed by atoms with Crippen LogP contribution in [-0.4, -0.2) is 41.9 Å². The Hall–Kier alpha value is -2.90. The van der Waals surface area contributed by atoms with Gasteiger partial charge in [-0.1, -0.05) is 24.3 Å². The van der Waals surface area contributed by atoms with Crippen LogP contribution in [0.1, 0.15) is 37.3 Å². The zero-order valence-electron chi connectivity index (χ0n) is 14.6. The van der Waals surface area contributed by atoms with Gasteiger partial charge in [0.05, 0.1) is 0 Å². The lowest BCUT2D eigenvalue weighted by Gasteiger charge is -2.27. The van der Waals surface area contributed by atoms with Crippen molar-refractivity contribution in [2.24, 2.45) is 0 Å². The molecule has 26 heavy (non-hydrogen) atoms. The van der Waals surface area contributed by atoms with Crippen LogP contribution >= 0.6 is 0 Å². The minimum Gasteiger partial charge on any atom is -0.338 e. The molecule has 1 unspecified atom stereocenters. The monoisotopic (exact) mass is 358 g/mol. The first-order valence-electron chi connectivity index (χ1n) is 8.78. The molecule has 0 radical (unpaired) electrons. The molecule has 8 heteroatoms. The fourth-order valence-electron chi connectivity index (χ4n) is 3.63. The van der Waals surface area contributed by atoms with Crippen LogP contribution in [-0.2, 0) is 21.5 Å². The predicted octanol–water partition coefficient (Wildman–Crippen LogP) is 1.01. The summed E-state index contributed by atoms with van der Waals surface area (Å²) in [7, 11) is 0. The van der Waals surface area contributed by atoms with Crippen molar-refractivity contribution >= 4 is 23.9 Å². The van der Waals surface area contributed by atoms with Gasteiger partial charge in [0.2, 0.25) is 5.91 Å². The van der Waals surface area contributed by atoms with E-state index in [-0.39, 0.29) is 0 Å². The van der Waals surface area contributed by atoms with E-state index in [1.54, 1.807) is 6.92 Å². The van der Waals surface area contributed by atoms with Gasteiger partial charge < -0.3 is 10.6 Å². The van der Waals surface area contributed by atoms with Gasteiger partial charge in [0.1, 0.15) is 12.1 Å². The van der Waals surface area contributed by atoms with E-state index in [1.165, 1.54) is 0 Å². The summed E-state index contributed by atoms with van der Waals surface area (Å²) < 4.78 is 0. The third-order valence-electron chi connectivity index (χ3n) is 4.79. The molecule has 1 aromatic carbocycles. The van der Waals surface area contributed by atoms with E-state index < -0.39 is 36.0 Å². The SMILES string of the molecule is CCNC(=O)NC(=O)CN1C(=O)NC2(CCCCc3ccccc32)C1=O. The molecule has 1 aliphatic heterocycles. The lowest BCUT2D eigenvalue weighted by molar-refractivity contribution is -0.135. The van der Waals surface area contributed by atoms with Crippen molar-refractivity contribution in [3.05, 3.63) is 35.4 Å². The molecule has 1 fully saturated rings. The molecule has 0 saturated carbocycles. The van der Waals surface area contributed by atoms with Crippen LogP contribution in [0.4, 0.5) is 9.59 Å². The highest BCUT2D eigenvalue weighted by Gasteiger charge is 2.53. The topological polar surface area (TPSA) is 108 Å². The number of benzene rings is 1. The molecule has 8 nitrogen and oxygen atoms in total. The Morgan fingerprint density at radius 1 is 1.23 bits per heavy atom. The number of imide groups is 2. The fourth-order valence-corrected chi connectivity index (χ4v) is 3.63. The van der Waals surface area contributed by atoms with Crippen LogP contribution in [0.2, 0.25) is 0 Å². The zero-order chi connectivity index (χ0) is 18.7. The summed E-state index contributed by atoms with van der Waals surface area (Å²) in [5.41, 5.74) is 0.700. The van der Waals surface area contributed by atoms with E-state index >= 15 is 0 Å². The molecular formula is C18H22N4O4. The number of hydrogen-bond acceptors (Lipinski definition) is 4. The van der Waals surface area contributed by atoms with Crippen LogP contribution in [0.3, 0.4) is 0 Å². The normalized spacial score (nSPS) is 21.8. The largest absolute Gasteiger partial charge is 0.338 e. The van der Waals surface area contributed by atoms with E-state index in [4.69, 9.17) is 0 Å². The van der Waals surface area contributed by atoms with Crippen LogP contribution in [0.5, 0.6) is 0 Å². The fraction of sp³-hybridized carbons (Fsp3) is 0.444.